The smallest absolute Gasteiger partial charge is 0.316 e. The molecule has 0 radical (unpaired) electrons. The van der Waals surface area contributed by atoms with Crippen molar-refractivity contribution in [3.8, 4) is 22.4 Å². The summed E-state index contributed by atoms with van der Waals surface area (Å²) >= 11 is 2.71. The van der Waals surface area contributed by atoms with Gasteiger partial charge in [-0.1, -0.05) is 84.9 Å². The van der Waals surface area contributed by atoms with Crippen molar-refractivity contribution >= 4 is 50.9 Å². The number of nitrogens with one attached hydrogen (secondary N) is 1. The van der Waals surface area contributed by atoms with Gasteiger partial charge < -0.3 is 4.74 Å². The predicted molar refractivity (Wildman–Crippen MR) is 147 cm³/mol. The molecule has 0 unspecified atom stereocenters. The first-order chi connectivity index (χ1) is 17.6. The fraction of sp³-hybridized carbons (Fsp3) is 0.0690. The second kappa shape index (κ2) is 11.2. The largest absolute Gasteiger partial charge is 0.455 e. The van der Waals surface area contributed by atoms with Crippen LogP contribution in [0.15, 0.2) is 107 Å². The second-order valence-corrected chi connectivity index (χ2v) is 9.89. The van der Waals surface area contributed by atoms with Crippen LogP contribution < -0.4 is 5.32 Å². The van der Waals surface area contributed by atoms with Crippen LogP contribution in [-0.2, 0) is 14.3 Å². The van der Waals surface area contributed by atoms with E-state index in [1.807, 2.05) is 78.2 Å². The van der Waals surface area contributed by atoms with Crippen molar-refractivity contribution < 1.29 is 14.3 Å². The van der Waals surface area contributed by atoms with Crippen LogP contribution in [0, 0.1) is 0 Å². The zero-order chi connectivity index (χ0) is 24.7. The third kappa shape index (κ3) is 6.00. The Labute approximate surface area is 217 Å². The van der Waals surface area contributed by atoms with E-state index in [2.05, 4.69) is 34.6 Å². The van der Waals surface area contributed by atoms with Gasteiger partial charge in [-0.15, -0.1) is 23.1 Å². The van der Waals surface area contributed by atoms with Crippen LogP contribution >= 0.6 is 23.1 Å². The number of thiazole rings is 1. The summed E-state index contributed by atoms with van der Waals surface area (Å²) in [6.45, 7) is -0.349. The van der Waals surface area contributed by atoms with Crippen molar-refractivity contribution in [2.45, 2.75) is 4.90 Å². The normalized spacial score (nSPS) is 10.8. The molecule has 1 aromatic heterocycles. The highest BCUT2D eigenvalue weighted by molar-refractivity contribution is 8.00. The number of benzene rings is 4. The number of fused-ring (bicyclic) bond motifs is 1. The summed E-state index contributed by atoms with van der Waals surface area (Å²) in [6.07, 6.45) is 0. The maximum absolute atomic E-state index is 12.3. The average Bonchev–Trinajstić information content (AvgIpc) is 3.39. The molecule has 1 N–H and O–H groups in total. The molecule has 1 amide bonds. The topological polar surface area (TPSA) is 68.3 Å². The minimum absolute atomic E-state index is 0.131. The number of aromatic nitrogens is 1. The monoisotopic (exact) mass is 510 g/mol. The molecule has 36 heavy (non-hydrogen) atoms. The number of carbonyl (C=O) groups is 2. The molecule has 178 valence electrons. The van der Waals surface area contributed by atoms with Crippen molar-refractivity contribution in [1.29, 1.82) is 0 Å². The van der Waals surface area contributed by atoms with E-state index in [9.17, 15) is 9.59 Å². The number of rotatable bonds is 8. The van der Waals surface area contributed by atoms with Crippen LogP contribution in [0.4, 0.5) is 5.13 Å². The van der Waals surface area contributed by atoms with Crippen LogP contribution in [0.5, 0.6) is 0 Å². The first-order valence-corrected chi connectivity index (χ1v) is 13.2. The van der Waals surface area contributed by atoms with Gasteiger partial charge in [0.2, 0.25) is 0 Å². The first-order valence-electron chi connectivity index (χ1n) is 11.3. The summed E-state index contributed by atoms with van der Waals surface area (Å²) in [5, 5.41) is 7.32. The molecule has 4 aromatic carbocycles. The Kier molecular flexibility index (Phi) is 7.40. The number of esters is 1. The summed E-state index contributed by atoms with van der Waals surface area (Å²) in [6, 6.07) is 32.4. The highest BCUT2D eigenvalue weighted by Crippen LogP contribution is 2.28. The van der Waals surface area contributed by atoms with E-state index in [-0.39, 0.29) is 12.4 Å². The molecule has 0 saturated carbocycles. The Bertz CT molecular complexity index is 1500. The quantitative estimate of drug-likeness (QED) is 0.182. The van der Waals surface area contributed by atoms with Gasteiger partial charge in [-0.25, -0.2) is 4.98 Å². The van der Waals surface area contributed by atoms with E-state index >= 15 is 0 Å². The third-order valence-corrected chi connectivity index (χ3v) is 7.21. The Morgan fingerprint density at radius 2 is 1.50 bits per heavy atom. The molecule has 0 bridgehead atoms. The molecule has 1 heterocycles. The summed E-state index contributed by atoms with van der Waals surface area (Å²) in [5.41, 5.74) is 4.02. The van der Waals surface area contributed by atoms with E-state index in [0.29, 0.717) is 5.13 Å². The number of hydrogen-bond donors (Lipinski definition) is 1. The Morgan fingerprint density at radius 1 is 0.806 bits per heavy atom. The van der Waals surface area contributed by atoms with Crippen molar-refractivity contribution in [3.05, 3.63) is 102 Å². The highest BCUT2D eigenvalue weighted by Gasteiger charge is 2.12. The van der Waals surface area contributed by atoms with Crippen molar-refractivity contribution in [2.24, 2.45) is 0 Å². The Hall–Kier alpha value is -3.94. The Morgan fingerprint density at radius 3 is 2.31 bits per heavy atom. The number of anilines is 1. The van der Waals surface area contributed by atoms with E-state index in [1.54, 1.807) is 0 Å². The molecule has 5 nitrogen and oxygen atoms in total. The molecule has 5 rings (SSSR count). The molecular formula is C29H22N2O3S2. The summed E-state index contributed by atoms with van der Waals surface area (Å²) in [4.78, 5) is 29.8. The zero-order valence-electron chi connectivity index (χ0n) is 19.2. The van der Waals surface area contributed by atoms with E-state index in [4.69, 9.17) is 4.74 Å². The lowest BCUT2D eigenvalue weighted by Crippen LogP contribution is -2.21. The zero-order valence-corrected chi connectivity index (χ0v) is 20.9. The van der Waals surface area contributed by atoms with Crippen LogP contribution in [0.2, 0.25) is 0 Å². The van der Waals surface area contributed by atoms with E-state index < -0.39 is 11.9 Å². The molecule has 0 atom stereocenters. The predicted octanol–water partition coefficient (Wildman–Crippen LogP) is 6.90. The SMILES string of the molecule is O=C(COC(=O)CSc1ccc2ccccc2c1)Nc1nc(-c2ccc(-c3ccccc3)cc2)cs1. The van der Waals surface area contributed by atoms with Gasteiger partial charge in [-0.05, 0) is 34.0 Å². The van der Waals surface area contributed by atoms with Crippen molar-refractivity contribution in [3.63, 3.8) is 0 Å². The molecule has 0 fully saturated rings. The number of carbonyl (C=O) groups excluding carboxylic acids is 2. The number of nitrogens with zero attached hydrogens (tertiary/aromatic N) is 1. The summed E-state index contributed by atoms with van der Waals surface area (Å²) in [7, 11) is 0. The van der Waals surface area contributed by atoms with E-state index in [1.165, 1.54) is 23.1 Å². The number of amides is 1. The van der Waals surface area contributed by atoms with Gasteiger partial charge in [0.1, 0.15) is 0 Å². The molecule has 0 aliphatic carbocycles. The standard InChI is InChI=1S/C29H22N2O3S2/c32-27(17-34-28(33)19-35-25-15-14-21-8-4-5-9-24(21)16-25)31-29-30-26(18-36-29)23-12-10-22(11-13-23)20-6-2-1-3-7-20/h1-16,18H,17,19H2,(H,30,31,32). The van der Waals surface area contributed by atoms with Crippen molar-refractivity contribution in [2.75, 3.05) is 17.7 Å². The van der Waals surface area contributed by atoms with Gasteiger partial charge in [0, 0.05) is 15.8 Å². The fourth-order valence-corrected chi connectivity index (χ4v) is 5.15. The second-order valence-electron chi connectivity index (χ2n) is 7.99. The minimum Gasteiger partial charge on any atom is -0.455 e. The van der Waals surface area contributed by atoms with Crippen LogP contribution in [-0.4, -0.2) is 29.2 Å². The fourth-order valence-electron chi connectivity index (χ4n) is 3.67. The molecule has 0 aliphatic heterocycles. The third-order valence-electron chi connectivity index (χ3n) is 5.48. The molecule has 5 aromatic rings. The van der Waals surface area contributed by atoms with Crippen LogP contribution in [0.3, 0.4) is 0 Å². The number of hydrogen-bond acceptors (Lipinski definition) is 6. The van der Waals surface area contributed by atoms with Crippen molar-refractivity contribution in [1.82, 2.24) is 4.98 Å². The lowest BCUT2D eigenvalue weighted by Gasteiger charge is -2.06. The highest BCUT2D eigenvalue weighted by atomic mass is 32.2. The average molecular weight is 511 g/mol. The van der Waals surface area contributed by atoms with Crippen LogP contribution in [0.25, 0.3) is 33.2 Å². The molecule has 0 spiro atoms. The molecular weight excluding hydrogens is 488 g/mol. The maximum Gasteiger partial charge on any atom is 0.316 e. The van der Waals surface area contributed by atoms with Crippen LogP contribution in [0.1, 0.15) is 0 Å². The molecule has 7 heteroatoms. The van der Waals surface area contributed by atoms with Gasteiger partial charge in [-0.2, -0.15) is 0 Å². The minimum atomic E-state index is -0.443. The molecule has 0 saturated heterocycles. The summed E-state index contributed by atoms with van der Waals surface area (Å²) < 4.78 is 5.14. The maximum atomic E-state index is 12.3. The summed E-state index contributed by atoms with van der Waals surface area (Å²) in [5.74, 6) is -0.729. The lowest BCUT2D eigenvalue weighted by molar-refractivity contribution is -0.144. The number of ether oxygens (including phenoxy) is 1. The Balaban J connectivity index is 1.09. The van der Waals surface area contributed by atoms with Gasteiger partial charge in [-0.3, -0.25) is 14.9 Å². The molecule has 0 aliphatic rings. The van der Waals surface area contributed by atoms with Gasteiger partial charge >= 0.3 is 5.97 Å². The van der Waals surface area contributed by atoms with Gasteiger partial charge in [0.25, 0.3) is 5.91 Å². The van der Waals surface area contributed by atoms with Gasteiger partial charge in [0.05, 0.1) is 11.4 Å². The van der Waals surface area contributed by atoms with Gasteiger partial charge in [0.15, 0.2) is 11.7 Å². The number of thioether (sulfide) groups is 1. The van der Waals surface area contributed by atoms with E-state index in [0.717, 1.165) is 38.1 Å². The lowest BCUT2D eigenvalue weighted by atomic mass is 10.0. The first kappa shape index (κ1) is 23.8.